The highest BCUT2D eigenvalue weighted by Crippen LogP contribution is 2.21. The first-order valence-electron chi connectivity index (χ1n) is 4.20. The summed E-state index contributed by atoms with van der Waals surface area (Å²) in [6.45, 7) is 0. The first-order chi connectivity index (χ1) is 7.99. The van der Waals surface area contributed by atoms with Crippen LogP contribution in [0.4, 0.5) is 15.2 Å². The average Bonchev–Trinajstić information content (AvgIpc) is 2.69. The number of hydrogen-bond donors (Lipinski definition) is 2. The maximum atomic E-state index is 13.2. The van der Waals surface area contributed by atoms with Crippen molar-refractivity contribution in [3.8, 4) is 0 Å². The molecule has 0 bridgehead atoms. The van der Waals surface area contributed by atoms with Gasteiger partial charge in [0, 0.05) is 6.20 Å². The third-order valence-corrected chi connectivity index (χ3v) is 4.15. The minimum absolute atomic E-state index is 0.0144. The molecular formula is C7H6FN5O2S2. The average molecular weight is 275 g/mol. The number of anilines is 2. The molecule has 0 saturated heterocycles. The maximum Gasteiger partial charge on any atom is 0.291 e. The zero-order chi connectivity index (χ0) is 12.5. The fraction of sp³-hybridized carbons (Fsp3) is 0. The number of sulfonamides is 1. The number of nitrogens with two attached hydrogens (primary N) is 1. The molecule has 0 aliphatic carbocycles. The Kier molecular flexibility index (Phi) is 2.90. The van der Waals surface area contributed by atoms with E-state index in [0.29, 0.717) is 11.3 Å². The van der Waals surface area contributed by atoms with E-state index in [0.717, 1.165) is 6.20 Å². The fourth-order valence-corrected chi connectivity index (χ4v) is 2.83. The van der Waals surface area contributed by atoms with E-state index in [4.69, 9.17) is 5.73 Å². The Labute approximate surface area is 99.6 Å². The fourth-order valence-electron chi connectivity index (χ4n) is 0.975. The molecule has 10 heteroatoms. The number of pyridine rings is 1. The van der Waals surface area contributed by atoms with Crippen LogP contribution in [0, 0.1) is 5.82 Å². The predicted octanol–water partition coefficient (Wildman–Crippen LogP) is 0.455. The number of nitrogen functional groups attached to an aromatic ring is 1. The maximum absolute atomic E-state index is 13.2. The van der Waals surface area contributed by atoms with Gasteiger partial charge in [0.2, 0.25) is 5.13 Å². The molecule has 0 saturated carbocycles. The normalized spacial score (nSPS) is 11.4. The molecule has 2 rings (SSSR count). The minimum Gasteiger partial charge on any atom is -0.374 e. The van der Waals surface area contributed by atoms with E-state index < -0.39 is 15.8 Å². The zero-order valence-electron chi connectivity index (χ0n) is 8.16. The molecule has 2 aromatic rings. The zero-order valence-corrected chi connectivity index (χ0v) is 9.79. The molecule has 90 valence electrons. The van der Waals surface area contributed by atoms with Crippen LogP contribution >= 0.6 is 11.3 Å². The molecule has 0 fully saturated rings. The van der Waals surface area contributed by atoms with Crippen molar-refractivity contribution in [1.29, 1.82) is 0 Å². The molecule has 0 radical (unpaired) electrons. The van der Waals surface area contributed by atoms with Crippen LogP contribution < -0.4 is 10.5 Å². The van der Waals surface area contributed by atoms with Crippen molar-refractivity contribution in [2.75, 3.05) is 10.5 Å². The van der Waals surface area contributed by atoms with E-state index in [1.807, 2.05) is 4.72 Å². The molecule has 0 aliphatic rings. The summed E-state index contributed by atoms with van der Waals surface area (Å²) in [7, 11) is -3.97. The van der Waals surface area contributed by atoms with Crippen molar-refractivity contribution in [3.05, 3.63) is 24.3 Å². The quantitative estimate of drug-likeness (QED) is 0.841. The van der Waals surface area contributed by atoms with Gasteiger partial charge in [-0.2, -0.15) is 8.42 Å². The Hall–Kier alpha value is -1.81. The number of aromatic nitrogens is 3. The summed E-state index contributed by atoms with van der Waals surface area (Å²) in [5, 5.41) is 6.75. The second-order valence-electron chi connectivity index (χ2n) is 2.87. The molecule has 0 atom stereocenters. The molecule has 0 aromatic carbocycles. The van der Waals surface area contributed by atoms with E-state index in [-0.39, 0.29) is 15.2 Å². The summed E-state index contributed by atoms with van der Waals surface area (Å²) in [5.41, 5.74) is 5.05. The number of nitrogens with zero attached hydrogens (tertiary/aromatic N) is 3. The van der Waals surface area contributed by atoms with E-state index in [2.05, 4.69) is 15.2 Å². The smallest absolute Gasteiger partial charge is 0.291 e. The van der Waals surface area contributed by atoms with Crippen molar-refractivity contribution < 1.29 is 12.8 Å². The molecule has 0 unspecified atom stereocenters. The third kappa shape index (κ3) is 2.47. The third-order valence-electron chi connectivity index (χ3n) is 1.67. The van der Waals surface area contributed by atoms with Crippen molar-refractivity contribution >= 4 is 32.2 Å². The van der Waals surface area contributed by atoms with Gasteiger partial charge in [-0.05, 0) is 6.07 Å². The van der Waals surface area contributed by atoms with Gasteiger partial charge >= 0.3 is 0 Å². The lowest BCUT2D eigenvalue weighted by Gasteiger charge is -2.04. The summed E-state index contributed by atoms with van der Waals surface area (Å²) >= 11 is 0.687. The largest absolute Gasteiger partial charge is 0.374 e. The summed E-state index contributed by atoms with van der Waals surface area (Å²) < 4.78 is 38.3. The Bertz CT molecular complexity index is 641. The second-order valence-corrected chi connectivity index (χ2v) is 5.73. The van der Waals surface area contributed by atoms with Gasteiger partial charge in [-0.15, -0.1) is 10.2 Å². The van der Waals surface area contributed by atoms with Gasteiger partial charge in [-0.3, -0.25) is 9.71 Å². The summed E-state index contributed by atoms with van der Waals surface area (Å²) in [6, 6.07) is 1.19. The Balaban J connectivity index is 2.33. The van der Waals surface area contributed by atoms with E-state index in [9.17, 15) is 12.8 Å². The van der Waals surface area contributed by atoms with Crippen molar-refractivity contribution in [1.82, 2.24) is 15.2 Å². The van der Waals surface area contributed by atoms with Crippen LogP contribution in [-0.2, 0) is 10.0 Å². The summed E-state index contributed by atoms with van der Waals surface area (Å²) in [4.78, 5) is 3.50. The topological polar surface area (TPSA) is 111 Å². The van der Waals surface area contributed by atoms with Crippen LogP contribution in [0.1, 0.15) is 0 Å². The lowest BCUT2D eigenvalue weighted by atomic mass is 10.4. The van der Waals surface area contributed by atoms with E-state index >= 15 is 0 Å². The SMILES string of the molecule is Nc1nnc(S(=O)(=O)Nc2ccncc2F)s1. The molecule has 0 spiro atoms. The number of rotatable bonds is 3. The predicted molar refractivity (Wildman–Crippen MR) is 59.3 cm³/mol. The summed E-state index contributed by atoms with van der Waals surface area (Å²) in [6.07, 6.45) is 2.15. The second kappa shape index (κ2) is 4.22. The highest BCUT2D eigenvalue weighted by Gasteiger charge is 2.20. The van der Waals surface area contributed by atoms with Crippen LogP contribution in [0.5, 0.6) is 0 Å². The molecular weight excluding hydrogens is 269 g/mol. The van der Waals surface area contributed by atoms with Crippen molar-refractivity contribution in [3.63, 3.8) is 0 Å². The molecule has 2 aromatic heterocycles. The monoisotopic (exact) mass is 275 g/mol. The van der Waals surface area contributed by atoms with E-state index in [1.165, 1.54) is 12.3 Å². The molecule has 3 N–H and O–H groups in total. The Morgan fingerprint density at radius 1 is 1.41 bits per heavy atom. The van der Waals surface area contributed by atoms with Gasteiger partial charge in [-0.1, -0.05) is 11.3 Å². The van der Waals surface area contributed by atoms with Gasteiger partial charge in [0.25, 0.3) is 14.4 Å². The van der Waals surface area contributed by atoms with Gasteiger partial charge < -0.3 is 5.73 Å². The molecule has 0 amide bonds. The first kappa shape index (κ1) is 11.7. The molecule has 7 nitrogen and oxygen atoms in total. The minimum atomic E-state index is -3.97. The lowest BCUT2D eigenvalue weighted by Crippen LogP contribution is -2.13. The summed E-state index contributed by atoms with van der Waals surface area (Å²) in [5.74, 6) is -0.784. The Morgan fingerprint density at radius 3 is 2.76 bits per heavy atom. The molecule has 2 heterocycles. The van der Waals surface area contributed by atoms with Gasteiger partial charge in [0.05, 0.1) is 11.9 Å². The van der Waals surface area contributed by atoms with Crippen molar-refractivity contribution in [2.45, 2.75) is 4.34 Å². The Morgan fingerprint density at radius 2 is 2.18 bits per heavy atom. The number of nitrogens with one attached hydrogen (secondary N) is 1. The van der Waals surface area contributed by atoms with Crippen LogP contribution in [-0.4, -0.2) is 23.6 Å². The highest BCUT2D eigenvalue weighted by molar-refractivity contribution is 7.94. The lowest BCUT2D eigenvalue weighted by molar-refractivity contribution is 0.596. The van der Waals surface area contributed by atoms with Crippen LogP contribution in [0.15, 0.2) is 22.8 Å². The van der Waals surface area contributed by atoms with Crippen LogP contribution in [0.2, 0.25) is 0 Å². The molecule has 0 aliphatic heterocycles. The standard InChI is InChI=1S/C7H6FN5O2S2/c8-4-3-10-2-1-5(4)13-17(14,15)7-12-11-6(9)16-7/h1-3H,(H2,9,11)(H,10,13). The highest BCUT2D eigenvalue weighted by atomic mass is 32.2. The van der Waals surface area contributed by atoms with Crippen molar-refractivity contribution in [2.24, 2.45) is 0 Å². The van der Waals surface area contributed by atoms with Crippen LogP contribution in [0.25, 0.3) is 0 Å². The van der Waals surface area contributed by atoms with Gasteiger partial charge in [0.15, 0.2) is 5.82 Å². The van der Waals surface area contributed by atoms with Crippen LogP contribution in [0.3, 0.4) is 0 Å². The number of halogens is 1. The van der Waals surface area contributed by atoms with Gasteiger partial charge in [-0.25, -0.2) is 4.39 Å². The number of hydrogen-bond acceptors (Lipinski definition) is 7. The van der Waals surface area contributed by atoms with Gasteiger partial charge in [0.1, 0.15) is 0 Å². The van der Waals surface area contributed by atoms with E-state index in [1.54, 1.807) is 0 Å². The first-order valence-corrected chi connectivity index (χ1v) is 6.50. The molecule has 17 heavy (non-hydrogen) atoms.